The SMILES string of the molecule is OC1CCCN(Cc2cc(Br)ccc2Cl)C1. The molecule has 1 aliphatic heterocycles. The molecule has 0 radical (unpaired) electrons. The summed E-state index contributed by atoms with van der Waals surface area (Å²) < 4.78 is 1.05. The van der Waals surface area contributed by atoms with Crippen molar-refractivity contribution in [2.24, 2.45) is 0 Å². The number of halogens is 2. The maximum absolute atomic E-state index is 9.60. The second-order valence-corrected chi connectivity index (χ2v) is 5.59. The van der Waals surface area contributed by atoms with Gasteiger partial charge in [-0.05, 0) is 43.1 Å². The van der Waals surface area contributed by atoms with Crippen LogP contribution in [0.1, 0.15) is 18.4 Å². The fourth-order valence-corrected chi connectivity index (χ4v) is 2.67. The van der Waals surface area contributed by atoms with Gasteiger partial charge < -0.3 is 5.11 Å². The van der Waals surface area contributed by atoms with E-state index in [1.54, 1.807) is 0 Å². The van der Waals surface area contributed by atoms with E-state index in [-0.39, 0.29) is 6.10 Å². The molecular weight excluding hydrogens is 289 g/mol. The number of aliphatic hydroxyl groups excluding tert-OH is 1. The first-order valence-corrected chi connectivity index (χ1v) is 6.66. The topological polar surface area (TPSA) is 23.5 Å². The summed E-state index contributed by atoms with van der Waals surface area (Å²) >= 11 is 9.59. The van der Waals surface area contributed by atoms with E-state index in [1.807, 2.05) is 18.2 Å². The number of aliphatic hydroxyl groups is 1. The third kappa shape index (κ3) is 3.20. The first kappa shape index (κ1) is 12.4. The lowest BCUT2D eigenvalue weighted by atomic mass is 10.1. The Morgan fingerprint density at radius 3 is 3.06 bits per heavy atom. The van der Waals surface area contributed by atoms with Crippen LogP contribution in [0, 0.1) is 0 Å². The predicted octanol–water partition coefficient (Wildman–Crippen LogP) is 3.06. The summed E-state index contributed by atoms with van der Waals surface area (Å²) in [6, 6.07) is 5.89. The molecule has 2 rings (SSSR count). The molecule has 0 saturated carbocycles. The van der Waals surface area contributed by atoms with Crippen molar-refractivity contribution in [1.29, 1.82) is 0 Å². The van der Waals surface area contributed by atoms with Gasteiger partial charge in [-0.3, -0.25) is 4.90 Å². The van der Waals surface area contributed by atoms with E-state index in [1.165, 1.54) is 0 Å². The summed E-state index contributed by atoms with van der Waals surface area (Å²) in [5.41, 5.74) is 1.12. The highest BCUT2D eigenvalue weighted by molar-refractivity contribution is 9.10. The van der Waals surface area contributed by atoms with Gasteiger partial charge in [0.15, 0.2) is 0 Å². The van der Waals surface area contributed by atoms with Gasteiger partial charge in [0.05, 0.1) is 6.10 Å². The second kappa shape index (κ2) is 5.50. The van der Waals surface area contributed by atoms with Crippen molar-refractivity contribution >= 4 is 27.5 Å². The van der Waals surface area contributed by atoms with Gasteiger partial charge in [0.1, 0.15) is 0 Å². The Balaban J connectivity index is 2.05. The average Bonchev–Trinajstić information content (AvgIpc) is 2.24. The van der Waals surface area contributed by atoms with Crippen LogP contribution in [0.25, 0.3) is 0 Å². The van der Waals surface area contributed by atoms with E-state index >= 15 is 0 Å². The highest BCUT2D eigenvalue weighted by Crippen LogP contribution is 2.23. The van der Waals surface area contributed by atoms with E-state index in [9.17, 15) is 5.11 Å². The Kier molecular flexibility index (Phi) is 4.25. The van der Waals surface area contributed by atoms with Crippen LogP contribution in [0.5, 0.6) is 0 Å². The van der Waals surface area contributed by atoms with Crippen LogP contribution < -0.4 is 0 Å². The molecule has 1 saturated heterocycles. The third-order valence-electron chi connectivity index (χ3n) is 2.88. The smallest absolute Gasteiger partial charge is 0.0667 e. The van der Waals surface area contributed by atoms with Gasteiger partial charge in [-0.25, -0.2) is 0 Å². The first-order chi connectivity index (χ1) is 7.65. The molecule has 4 heteroatoms. The zero-order chi connectivity index (χ0) is 11.5. The molecule has 0 amide bonds. The molecule has 0 aromatic heterocycles. The number of piperidine rings is 1. The fourth-order valence-electron chi connectivity index (χ4n) is 2.08. The van der Waals surface area contributed by atoms with E-state index in [4.69, 9.17) is 11.6 Å². The summed E-state index contributed by atoms with van der Waals surface area (Å²) in [7, 11) is 0. The molecule has 1 fully saturated rings. The molecule has 1 heterocycles. The molecule has 16 heavy (non-hydrogen) atoms. The summed E-state index contributed by atoms with van der Waals surface area (Å²) in [6.45, 7) is 2.61. The van der Waals surface area contributed by atoms with Crippen LogP contribution >= 0.6 is 27.5 Å². The molecule has 0 spiro atoms. The van der Waals surface area contributed by atoms with Gasteiger partial charge in [-0.1, -0.05) is 27.5 Å². The number of hydrogen-bond donors (Lipinski definition) is 1. The summed E-state index contributed by atoms with van der Waals surface area (Å²) in [5, 5.41) is 10.4. The standard InChI is InChI=1S/C12H15BrClNO/c13-10-3-4-12(14)9(6-10)7-15-5-1-2-11(16)8-15/h3-4,6,11,16H,1-2,5,7-8H2. The van der Waals surface area contributed by atoms with Crippen molar-refractivity contribution in [2.45, 2.75) is 25.5 Å². The number of β-amino-alcohol motifs (C(OH)–C–C–N with tert-alkyl or cyclic N) is 1. The quantitative estimate of drug-likeness (QED) is 0.908. The lowest BCUT2D eigenvalue weighted by molar-refractivity contribution is 0.0668. The van der Waals surface area contributed by atoms with Crippen LogP contribution in [-0.2, 0) is 6.54 Å². The van der Waals surface area contributed by atoms with Crippen molar-refractivity contribution in [1.82, 2.24) is 4.90 Å². The second-order valence-electron chi connectivity index (χ2n) is 4.27. The molecule has 88 valence electrons. The molecule has 1 aromatic rings. The fraction of sp³-hybridized carbons (Fsp3) is 0.500. The normalized spacial score (nSPS) is 22.3. The summed E-state index contributed by atoms with van der Waals surface area (Å²) in [6.07, 6.45) is 1.80. The number of likely N-dealkylation sites (tertiary alicyclic amines) is 1. The molecule has 1 unspecified atom stereocenters. The van der Waals surface area contributed by atoms with Crippen LogP contribution in [0.2, 0.25) is 5.02 Å². The lowest BCUT2D eigenvalue weighted by Gasteiger charge is -2.30. The van der Waals surface area contributed by atoms with Gasteiger partial charge in [0.2, 0.25) is 0 Å². The van der Waals surface area contributed by atoms with Crippen molar-refractivity contribution in [3.63, 3.8) is 0 Å². The molecular formula is C12H15BrClNO. The average molecular weight is 305 g/mol. The van der Waals surface area contributed by atoms with Crippen molar-refractivity contribution in [3.05, 3.63) is 33.3 Å². The minimum absolute atomic E-state index is 0.181. The predicted molar refractivity (Wildman–Crippen MR) is 69.7 cm³/mol. The largest absolute Gasteiger partial charge is 0.392 e. The van der Waals surface area contributed by atoms with Gasteiger partial charge in [-0.15, -0.1) is 0 Å². The number of rotatable bonds is 2. The van der Waals surface area contributed by atoms with E-state index < -0.39 is 0 Å². The van der Waals surface area contributed by atoms with Crippen molar-refractivity contribution < 1.29 is 5.11 Å². The molecule has 1 aliphatic rings. The number of benzene rings is 1. The molecule has 1 aromatic carbocycles. The minimum atomic E-state index is -0.181. The zero-order valence-corrected chi connectivity index (χ0v) is 11.3. The monoisotopic (exact) mass is 303 g/mol. The maximum Gasteiger partial charge on any atom is 0.0667 e. The highest BCUT2D eigenvalue weighted by atomic mass is 79.9. The highest BCUT2D eigenvalue weighted by Gasteiger charge is 2.18. The summed E-state index contributed by atoms with van der Waals surface area (Å²) in [5.74, 6) is 0. The van der Waals surface area contributed by atoms with Gasteiger partial charge in [-0.2, -0.15) is 0 Å². The Morgan fingerprint density at radius 1 is 1.50 bits per heavy atom. The number of nitrogens with zero attached hydrogens (tertiary/aromatic N) is 1. The van der Waals surface area contributed by atoms with Crippen LogP contribution in [0.3, 0.4) is 0 Å². The van der Waals surface area contributed by atoms with Crippen molar-refractivity contribution in [3.8, 4) is 0 Å². The van der Waals surface area contributed by atoms with E-state index in [0.29, 0.717) is 0 Å². The molecule has 0 aliphatic carbocycles. The minimum Gasteiger partial charge on any atom is -0.392 e. The molecule has 2 nitrogen and oxygen atoms in total. The molecule has 1 N–H and O–H groups in total. The van der Waals surface area contributed by atoms with E-state index in [2.05, 4.69) is 20.8 Å². The lowest BCUT2D eigenvalue weighted by Crippen LogP contribution is -2.37. The number of hydrogen-bond acceptors (Lipinski definition) is 2. The van der Waals surface area contributed by atoms with Crippen LogP contribution in [0.15, 0.2) is 22.7 Å². The molecule has 0 bridgehead atoms. The Hall–Kier alpha value is -0.0900. The maximum atomic E-state index is 9.60. The Labute approximate surface area is 109 Å². The van der Waals surface area contributed by atoms with Crippen LogP contribution in [0.4, 0.5) is 0 Å². The van der Waals surface area contributed by atoms with E-state index in [0.717, 1.165) is 47.5 Å². The first-order valence-electron chi connectivity index (χ1n) is 5.49. The third-order valence-corrected chi connectivity index (χ3v) is 3.74. The summed E-state index contributed by atoms with van der Waals surface area (Å²) in [4.78, 5) is 2.25. The van der Waals surface area contributed by atoms with Gasteiger partial charge in [0, 0.05) is 22.6 Å². The Bertz CT molecular complexity index is 372. The van der Waals surface area contributed by atoms with Crippen LogP contribution in [-0.4, -0.2) is 29.2 Å². The van der Waals surface area contributed by atoms with Gasteiger partial charge >= 0.3 is 0 Å². The Morgan fingerprint density at radius 2 is 2.31 bits per heavy atom. The van der Waals surface area contributed by atoms with Gasteiger partial charge in [0.25, 0.3) is 0 Å². The zero-order valence-electron chi connectivity index (χ0n) is 9.00. The van der Waals surface area contributed by atoms with Crippen molar-refractivity contribution in [2.75, 3.05) is 13.1 Å². The molecule has 1 atom stereocenters.